The largest absolute Gasteiger partial charge is 0.355 e. The van der Waals surface area contributed by atoms with Crippen LogP contribution < -0.4 is 5.32 Å². The molecule has 16 heavy (non-hydrogen) atoms. The van der Waals surface area contributed by atoms with Crippen LogP contribution in [0.25, 0.3) is 0 Å². The van der Waals surface area contributed by atoms with Gasteiger partial charge in [0.05, 0.1) is 0 Å². The van der Waals surface area contributed by atoms with Crippen LogP contribution in [0.2, 0.25) is 0 Å². The van der Waals surface area contributed by atoms with Gasteiger partial charge in [-0.15, -0.1) is 0 Å². The molecule has 0 saturated carbocycles. The van der Waals surface area contributed by atoms with E-state index in [2.05, 4.69) is 5.32 Å². The van der Waals surface area contributed by atoms with E-state index in [1.807, 2.05) is 6.07 Å². The minimum Gasteiger partial charge on any atom is -0.355 e. The van der Waals surface area contributed by atoms with Crippen molar-refractivity contribution >= 4 is 17.7 Å². The van der Waals surface area contributed by atoms with E-state index in [-0.39, 0.29) is 5.82 Å². The first-order chi connectivity index (χ1) is 7.79. The van der Waals surface area contributed by atoms with Crippen LogP contribution in [-0.4, -0.2) is 6.29 Å². The van der Waals surface area contributed by atoms with Gasteiger partial charge in [-0.1, -0.05) is 18.2 Å². The number of halogens is 1. The second-order valence-corrected chi connectivity index (χ2v) is 3.34. The summed E-state index contributed by atoms with van der Waals surface area (Å²) in [6.45, 7) is 0. The van der Waals surface area contributed by atoms with Crippen LogP contribution in [0, 0.1) is 5.82 Å². The highest BCUT2D eigenvalue weighted by Gasteiger charge is 2.01. The molecule has 0 radical (unpaired) electrons. The number of benzene rings is 2. The Kier molecular flexibility index (Phi) is 2.96. The molecule has 0 unspecified atom stereocenters. The molecule has 0 aliphatic rings. The van der Waals surface area contributed by atoms with Gasteiger partial charge in [0.15, 0.2) is 6.29 Å². The topological polar surface area (TPSA) is 29.1 Å². The Labute approximate surface area is 92.7 Å². The summed E-state index contributed by atoms with van der Waals surface area (Å²) in [4.78, 5) is 10.8. The third kappa shape index (κ3) is 2.25. The van der Waals surface area contributed by atoms with Gasteiger partial charge in [0, 0.05) is 16.9 Å². The Morgan fingerprint density at radius 3 is 2.62 bits per heavy atom. The van der Waals surface area contributed by atoms with Crippen LogP contribution in [-0.2, 0) is 0 Å². The number of hydrogen-bond acceptors (Lipinski definition) is 2. The molecule has 2 rings (SSSR count). The highest BCUT2D eigenvalue weighted by atomic mass is 19.1. The molecular weight excluding hydrogens is 205 g/mol. The lowest BCUT2D eigenvalue weighted by molar-refractivity contribution is 0.112. The van der Waals surface area contributed by atoms with Crippen molar-refractivity contribution in [2.24, 2.45) is 0 Å². The first-order valence-corrected chi connectivity index (χ1v) is 4.86. The molecule has 0 amide bonds. The van der Waals surface area contributed by atoms with E-state index < -0.39 is 0 Å². The minimum atomic E-state index is -0.311. The maximum absolute atomic E-state index is 12.9. The highest BCUT2D eigenvalue weighted by Crippen LogP contribution is 2.19. The first kappa shape index (κ1) is 10.4. The lowest BCUT2D eigenvalue weighted by atomic mass is 10.2. The molecule has 3 heteroatoms. The normalized spacial score (nSPS) is 9.81. The number of hydrogen-bond donors (Lipinski definition) is 1. The van der Waals surface area contributed by atoms with Gasteiger partial charge in [0.25, 0.3) is 0 Å². The Hall–Kier alpha value is -2.16. The van der Waals surface area contributed by atoms with Gasteiger partial charge < -0.3 is 5.32 Å². The molecule has 2 aromatic carbocycles. The highest BCUT2D eigenvalue weighted by molar-refractivity contribution is 5.85. The third-order valence-electron chi connectivity index (χ3n) is 2.19. The second-order valence-electron chi connectivity index (χ2n) is 3.34. The molecule has 0 saturated heterocycles. The molecule has 2 nitrogen and oxygen atoms in total. The lowest BCUT2D eigenvalue weighted by Gasteiger charge is -2.08. The van der Waals surface area contributed by atoms with Crippen molar-refractivity contribution in [3.8, 4) is 0 Å². The molecular formula is C13H10FNO. The summed E-state index contributed by atoms with van der Waals surface area (Å²) in [5.41, 5.74) is 1.84. The van der Waals surface area contributed by atoms with Gasteiger partial charge >= 0.3 is 0 Å². The average Bonchev–Trinajstić information content (AvgIpc) is 2.30. The number of carbonyl (C=O) groups is 1. The summed E-state index contributed by atoms with van der Waals surface area (Å²) in [6, 6.07) is 13.2. The summed E-state index contributed by atoms with van der Waals surface area (Å²) in [5, 5.41) is 2.99. The van der Waals surface area contributed by atoms with E-state index in [9.17, 15) is 9.18 Å². The second kappa shape index (κ2) is 4.57. The fraction of sp³-hybridized carbons (Fsp3) is 0. The summed E-state index contributed by atoms with van der Waals surface area (Å²) in [7, 11) is 0. The van der Waals surface area contributed by atoms with Crippen molar-refractivity contribution < 1.29 is 9.18 Å². The number of aldehydes is 1. The van der Waals surface area contributed by atoms with Crippen molar-refractivity contribution in [3.63, 3.8) is 0 Å². The van der Waals surface area contributed by atoms with Crippen molar-refractivity contribution in [1.82, 2.24) is 0 Å². The Bertz CT molecular complexity index is 511. The third-order valence-corrected chi connectivity index (χ3v) is 2.19. The van der Waals surface area contributed by atoms with Crippen LogP contribution in [0.1, 0.15) is 10.4 Å². The molecule has 0 aliphatic heterocycles. The van der Waals surface area contributed by atoms with E-state index >= 15 is 0 Å². The Morgan fingerprint density at radius 2 is 1.88 bits per heavy atom. The van der Waals surface area contributed by atoms with E-state index in [0.29, 0.717) is 16.9 Å². The molecule has 0 heterocycles. The van der Waals surface area contributed by atoms with Crippen LogP contribution in [0.3, 0.4) is 0 Å². The number of carbonyl (C=O) groups excluding carboxylic acids is 1. The quantitative estimate of drug-likeness (QED) is 0.795. The molecule has 0 aliphatic carbocycles. The molecule has 80 valence electrons. The van der Waals surface area contributed by atoms with Crippen molar-refractivity contribution in [3.05, 3.63) is 59.9 Å². The summed E-state index contributed by atoms with van der Waals surface area (Å²) >= 11 is 0. The number of rotatable bonds is 3. The Balaban J connectivity index is 2.30. The zero-order valence-electron chi connectivity index (χ0n) is 8.48. The molecule has 0 fully saturated rings. The lowest BCUT2D eigenvalue weighted by Crippen LogP contribution is -1.95. The average molecular weight is 215 g/mol. The van der Waals surface area contributed by atoms with Gasteiger partial charge in [-0.3, -0.25) is 4.79 Å². The van der Waals surface area contributed by atoms with E-state index in [4.69, 9.17) is 0 Å². The molecule has 0 atom stereocenters. The van der Waals surface area contributed by atoms with Crippen LogP contribution in [0.5, 0.6) is 0 Å². The van der Waals surface area contributed by atoms with E-state index in [1.54, 1.807) is 30.3 Å². The van der Waals surface area contributed by atoms with Crippen molar-refractivity contribution in [2.75, 3.05) is 5.32 Å². The number of nitrogens with one attached hydrogen (secondary N) is 1. The van der Waals surface area contributed by atoms with E-state index in [1.165, 1.54) is 12.1 Å². The van der Waals surface area contributed by atoms with Crippen molar-refractivity contribution in [1.29, 1.82) is 0 Å². The molecule has 1 N–H and O–H groups in total. The summed E-state index contributed by atoms with van der Waals surface area (Å²) < 4.78 is 12.9. The maximum atomic E-state index is 12.9. The zero-order chi connectivity index (χ0) is 11.4. The Morgan fingerprint density at radius 1 is 1.06 bits per heavy atom. The van der Waals surface area contributed by atoms with Gasteiger partial charge in [-0.25, -0.2) is 4.39 Å². The van der Waals surface area contributed by atoms with Gasteiger partial charge in [0.1, 0.15) is 5.82 Å². The predicted octanol–water partition coefficient (Wildman–Crippen LogP) is 3.38. The van der Waals surface area contributed by atoms with E-state index in [0.717, 1.165) is 6.29 Å². The van der Waals surface area contributed by atoms with Gasteiger partial charge in [-0.2, -0.15) is 0 Å². The number of para-hydroxylation sites is 1. The van der Waals surface area contributed by atoms with Crippen molar-refractivity contribution in [2.45, 2.75) is 0 Å². The number of anilines is 2. The predicted molar refractivity (Wildman–Crippen MR) is 61.5 cm³/mol. The SMILES string of the molecule is O=Cc1ccccc1Nc1cccc(F)c1. The fourth-order valence-corrected chi connectivity index (χ4v) is 1.44. The maximum Gasteiger partial charge on any atom is 0.152 e. The van der Waals surface area contributed by atoms with Crippen LogP contribution in [0.15, 0.2) is 48.5 Å². The fourth-order valence-electron chi connectivity index (χ4n) is 1.44. The minimum absolute atomic E-state index is 0.311. The summed E-state index contributed by atoms with van der Waals surface area (Å²) in [6.07, 6.45) is 0.766. The summed E-state index contributed by atoms with van der Waals surface area (Å²) in [5.74, 6) is -0.311. The molecule has 2 aromatic rings. The van der Waals surface area contributed by atoms with Gasteiger partial charge in [-0.05, 0) is 30.3 Å². The van der Waals surface area contributed by atoms with Crippen LogP contribution in [0.4, 0.5) is 15.8 Å². The first-order valence-electron chi connectivity index (χ1n) is 4.86. The smallest absolute Gasteiger partial charge is 0.152 e. The molecule has 0 spiro atoms. The zero-order valence-corrected chi connectivity index (χ0v) is 8.48. The monoisotopic (exact) mass is 215 g/mol. The standard InChI is InChI=1S/C13H10FNO/c14-11-5-3-6-12(8-11)15-13-7-2-1-4-10(13)9-16/h1-9,15H. The van der Waals surface area contributed by atoms with Crippen LogP contribution >= 0.6 is 0 Å². The molecule has 0 aromatic heterocycles. The van der Waals surface area contributed by atoms with Gasteiger partial charge in [0.2, 0.25) is 0 Å². The molecule has 0 bridgehead atoms.